The van der Waals surface area contributed by atoms with Gasteiger partial charge in [0.2, 0.25) is 0 Å². The summed E-state index contributed by atoms with van der Waals surface area (Å²) in [5.41, 5.74) is 1.33. The number of halogens is 1. The number of hydrogen-bond acceptors (Lipinski definition) is 5. The Morgan fingerprint density at radius 1 is 1.10 bits per heavy atom. The molecule has 0 saturated carbocycles. The number of nitrogens with one attached hydrogen (secondary N) is 1. The van der Waals surface area contributed by atoms with E-state index in [9.17, 15) is 22.4 Å². The van der Waals surface area contributed by atoms with Crippen molar-refractivity contribution in [1.29, 1.82) is 0 Å². The first kappa shape index (κ1) is 22.6. The number of methoxy groups -OCH3 is 1. The highest BCUT2D eigenvalue weighted by Crippen LogP contribution is 2.36. The Labute approximate surface area is 180 Å². The molecule has 0 bridgehead atoms. The van der Waals surface area contributed by atoms with Crippen LogP contribution in [-0.2, 0) is 26.1 Å². The van der Waals surface area contributed by atoms with Crippen molar-refractivity contribution in [2.24, 2.45) is 0 Å². The Hall–Kier alpha value is -3.04. The van der Waals surface area contributed by atoms with Crippen molar-refractivity contribution in [2.75, 3.05) is 20.3 Å². The average Bonchev–Trinajstić information content (AvgIpc) is 2.91. The van der Waals surface area contributed by atoms with Gasteiger partial charge in [0, 0.05) is 31.4 Å². The second kappa shape index (κ2) is 9.40. The monoisotopic (exact) mass is 446 g/mol. The molecular formula is C22H23FN2O5S. The van der Waals surface area contributed by atoms with Crippen molar-refractivity contribution in [3.05, 3.63) is 76.6 Å². The lowest BCUT2D eigenvalue weighted by atomic mass is 10.1. The smallest absolute Gasteiger partial charge is 0.268 e. The van der Waals surface area contributed by atoms with Gasteiger partial charge in [-0.15, -0.1) is 0 Å². The first-order valence-corrected chi connectivity index (χ1v) is 11.1. The van der Waals surface area contributed by atoms with Gasteiger partial charge in [-0.3, -0.25) is 9.59 Å². The van der Waals surface area contributed by atoms with Gasteiger partial charge < -0.3 is 10.1 Å². The number of sulfonamides is 1. The standard InChI is InChI=1S/C22H23FN2O5S/c1-15-20(17-8-10-19(23)11-9-17)31(28,29)25(22(15)27)14-16-4-6-18(7-5-16)21(26)24-12-3-13-30-2/h4-11H,3,12-14H2,1-2H3,(H,24,26). The van der Waals surface area contributed by atoms with Crippen LogP contribution < -0.4 is 5.32 Å². The molecule has 0 spiro atoms. The normalized spacial score (nSPS) is 15.5. The predicted molar refractivity (Wildman–Crippen MR) is 114 cm³/mol. The van der Waals surface area contributed by atoms with E-state index < -0.39 is 21.7 Å². The molecular weight excluding hydrogens is 423 g/mol. The second-order valence-electron chi connectivity index (χ2n) is 7.08. The number of benzene rings is 2. The SMILES string of the molecule is COCCCNC(=O)c1ccc(CN2C(=O)C(C)=C(c3ccc(F)cc3)S2(=O)=O)cc1. The molecule has 1 N–H and O–H groups in total. The van der Waals surface area contributed by atoms with E-state index in [2.05, 4.69) is 5.32 Å². The summed E-state index contributed by atoms with van der Waals surface area (Å²) in [5.74, 6) is -1.37. The number of carbonyl (C=O) groups is 2. The number of hydrogen-bond donors (Lipinski definition) is 1. The molecule has 0 aromatic heterocycles. The third kappa shape index (κ3) is 4.83. The minimum atomic E-state index is -4.08. The Balaban J connectivity index is 1.74. The lowest BCUT2D eigenvalue weighted by Gasteiger charge is -2.17. The van der Waals surface area contributed by atoms with Crippen LogP contribution in [0.25, 0.3) is 4.91 Å². The van der Waals surface area contributed by atoms with E-state index in [4.69, 9.17) is 4.74 Å². The first-order valence-electron chi connectivity index (χ1n) is 9.65. The zero-order valence-electron chi connectivity index (χ0n) is 17.2. The summed E-state index contributed by atoms with van der Waals surface area (Å²) in [6.07, 6.45) is 0.692. The molecule has 0 radical (unpaired) electrons. The van der Waals surface area contributed by atoms with E-state index in [0.717, 1.165) is 16.4 Å². The highest BCUT2D eigenvalue weighted by atomic mass is 32.2. The van der Waals surface area contributed by atoms with Crippen LogP contribution in [0.5, 0.6) is 0 Å². The molecule has 1 aliphatic heterocycles. The fourth-order valence-corrected chi connectivity index (χ4v) is 5.07. The molecule has 0 aliphatic carbocycles. The fourth-order valence-electron chi connectivity index (χ4n) is 3.27. The Morgan fingerprint density at radius 3 is 2.35 bits per heavy atom. The highest BCUT2D eigenvalue weighted by molar-refractivity contribution is 7.99. The molecule has 2 aromatic carbocycles. The molecule has 1 aliphatic rings. The molecule has 9 heteroatoms. The molecule has 0 unspecified atom stereocenters. The third-order valence-corrected chi connectivity index (χ3v) is 6.83. The third-order valence-electron chi connectivity index (χ3n) is 4.90. The molecule has 31 heavy (non-hydrogen) atoms. The number of ether oxygens (including phenoxy) is 1. The van der Waals surface area contributed by atoms with Crippen molar-refractivity contribution in [3.63, 3.8) is 0 Å². The van der Waals surface area contributed by atoms with Crippen LogP contribution in [0, 0.1) is 5.82 Å². The summed E-state index contributed by atoms with van der Waals surface area (Å²) in [5, 5.41) is 2.77. The molecule has 2 aromatic rings. The predicted octanol–water partition coefficient (Wildman–Crippen LogP) is 2.70. The molecule has 0 atom stereocenters. The quantitative estimate of drug-likeness (QED) is 0.630. The zero-order valence-corrected chi connectivity index (χ0v) is 18.0. The van der Waals surface area contributed by atoms with Crippen LogP contribution in [0.1, 0.15) is 34.8 Å². The van der Waals surface area contributed by atoms with Crippen LogP contribution in [0.15, 0.2) is 54.1 Å². The molecule has 164 valence electrons. The average molecular weight is 447 g/mol. The summed E-state index contributed by atoms with van der Waals surface area (Å²) in [6, 6.07) is 11.3. The topological polar surface area (TPSA) is 92.8 Å². The lowest BCUT2D eigenvalue weighted by molar-refractivity contribution is -0.122. The highest BCUT2D eigenvalue weighted by Gasteiger charge is 2.42. The Kier molecular flexibility index (Phi) is 6.87. The minimum absolute atomic E-state index is 0.0821. The van der Waals surface area contributed by atoms with Gasteiger partial charge in [0.25, 0.3) is 21.8 Å². The molecule has 0 saturated heterocycles. The van der Waals surface area contributed by atoms with E-state index in [1.54, 1.807) is 31.4 Å². The zero-order chi connectivity index (χ0) is 22.6. The van der Waals surface area contributed by atoms with Crippen LogP contribution in [-0.4, -0.2) is 44.8 Å². The van der Waals surface area contributed by atoms with Crippen LogP contribution >= 0.6 is 0 Å². The van der Waals surface area contributed by atoms with Gasteiger partial charge in [0.05, 0.1) is 6.54 Å². The Bertz CT molecular complexity index is 1110. The van der Waals surface area contributed by atoms with Gasteiger partial charge in [-0.2, -0.15) is 0 Å². The number of rotatable bonds is 8. The van der Waals surface area contributed by atoms with Crippen LogP contribution in [0.3, 0.4) is 0 Å². The number of carbonyl (C=O) groups excluding carboxylic acids is 2. The summed E-state index contributed by atoms with van der Waals surface area (Å²) in [6.45, 7) is 2.30. The van der Waals surface area contributed by atoms with Crippen molar-refractivity contribution >= 4 is 26.7 Å². The van der Waals surface area contributed by atoms with Gasteiger partial charge in [-0.05, 0) is 48.7 Å². The fraction of sp³-hybridized carbons (Fsp3) is 0.273. The maximum atomic E-state index is 13.2. The summed E-state index contributed by atoms with van der Waals surface area (Å²) in [7, 11) is -2.50. The first-order chi connectivity index (χ1) is 14.8. The maximum absolute atomic E-state index is 13.2. The lowest BCUT2D eigenvalue weighted by Crippen LogP contribution is -2.31. The van der Waals surface area contributed by atoms with E-state index in [0.29, 0.717) is 30.7 Å². The number of nitrogens with zero attached hydrogens (tertiary/aromatic N) is 1. The molecule has 7 nitrogen and oxygen atoms in total. The summed E-state index contributed by atoms with van der Waals surface area (Å²) in [4.78, 5) is 24.7. The van der Waals surface area contributed by atoms with E-state index >= 15 is 0 Å². The minimum Gasteiger partial charge on any atom is -0.385 e. The summed E-state index contributed by atoms with van der Waals surface area (Å²) < 4.78 is 45.0. The molecule has 1 heterocycles. The van der Waals surface area contributed by atoms with Crippen molar-refractivity contribution in [2.45, 2.75) is 19.9 Å². The van der Waals surface area contributed by atoms with Gasteiger partial charge >= 0.3 is 0 Å². The van der Waals surface area contributed by atoms with Crippen molar-refractivity contribution in [1.82, 2.24) is 9.62 Å². The van der Waals surface area contributed by atoms with Gasteiger partial charge in [-0.25, -0.2) is 17.1 Å². The van der Waals surface area contributed by atoms with E-state index in [1.165, 1.54) is 19.1 Å². The molecule has 2 amide bonds. The van der Waals surface area contributed by atoms with Gasteiger partial charge in [0.15, 0.2) is 0 Å². The van der Waals surface area contributed by atoms with E-state index in [-0.39, 0.29) is 28.5 Å². The van der Waals surface area contributed by atoms with Gasteiger partial charge in [-0.1, -0.05) is 24.3 Å². The van der Waals surface area contributed by atoms with Crippen molar-refractivity contribution < 1.29 is 27.1 Å². The molecule has 0 fully saturated rings. The summed E-state index contributed by atoms with van der Waals surface area (Å²) >= 11 is 0. The largest absolute Gasteiger partial charge is 0.385 e. The molecule has 3 rings (SSSR count). The van der Waals surface area contributed by atoms with Crippen molar-refractivity contribution in [3.8, 4) is 0 Å². The Morgan fingerprint density at radius 2 is 1.74 bits per heavy atom. The number of amides is 2. The van der Waals surface area contributed by atoms with Crippen LogP contribution in [0.4, 0.5) is 4.39 Å². The second-order valence-corrected chi connectivity index (χ2v) is 8.88. The van der Waals surface area contributed by atoms with Crippen LogP contribution in [0.2, 0.25) is 0 Å². The van der Waals surface area contributed by atoms with Gasteiger partial charge in [0.1, 0.15) is 10.7 Å². The maximum Gasteiger partial charge on any atom is 0.268 e. The van der Waals surface area contributed by atoms with E-state index in [1.807, 2.05) is 0 Å².